The predicted molar refractivity (Wildman–Crippen MR) is 189 cm³/mol. The van der Waals surface area contributed by atoms with Crippen LogP contribution in [0.25, 0.3) is 0 Å². The van der Waals surface area contributed by atoms with Crippen LogP contribution in [0.1, 0.15) is 225 Å². The summed E-state index contributed by atoms with van der Waals surface area (Å²) in [5.41, 5.74) is 0. The smallest absolute Gasteiger partial charge is 0.303 e. The minimum Gasteiger partial charge on any atom is -0.481 e. The van der Waals surface area contributed by atoms with Crippen molar-refractivity contribution in [2.45, 2.75) is 225 Å². The first-order valence-electron chi connectivity index (χ1n) is 19.3. The Labute approximate surface area is 265 Å². The van der Waals surface area contributed by atoms with E-state index in [1.807, 2.05) is 0 Å². The lowest BCUT2D eigenvalue weighted by atomic mass is 10.0. The van der Waals surface area contributed by atoms with Crippen molar-refractivity contribution in [2.24, 2.45) is 0 Å². The van der Waals surface area contributed by atoms with E-state index in [0.29, 0.717) is 6.42 Å². The Balaban J connectivity index is 3.12. The molecule has 0 aromatic heterocycles. The van der Waals surface area contributed by atoms with Crippen LogP contribution in [-0.4, -0.2) is 11.1 Å². The molecule has 0 spiro atoms. The summed E-state index contributed by atoms with van der Waals surface area (Å²) in [4.78, 5) is 10.5. The van der Waals surface area contributed by atoms with Crippen molar-refractivity contribution in [3.05, 3.63) is 24.3 Å². The number of rotatable bonds is 36. The summed E-state index contributed by atoms with van der Waals surface area (Å²) in [6.07, 6.45) is 54.9. The molecule has 0 radical (unpaired) electrons. The molecule has 0 saturated heterocycles. The standard InChI is InChI=1S/C40H76O2/c1-2-3-4-5-6-7-8-9-10-11-12-13-14-15-16-17-18-19-20-21-22-23-24-25-26-27-28-29-30-31-32-33-34-35-36-37-38-39-40(41)42/h9-10,29-30H,2-8,11-28,31-39H2,1H3,(H,41,42)/b10-9-,30-29?. The number of allylic oxidation sites excluding steroid dienone is 4. The summed E-state index contributed by atoms with van der Waals surface area (Å²) in [5.74, 6) is -0.656. The zero-order valence-electron chi connectivity index (χ0n) is 28.7. The summed E-state index contributed by atoms with van der Waals surface area (Å²) >= 11 is 0. The van der Waals surface area contributed by atoms with Crippen molar-refractivity contribution in [1.29, 1.82) is 0 Å². The van der Waals surface area contributed by atoms with E-state index in [9.17, 15) is 4.79 Å². The van der Waals surface area contributed by atoms with E-state index in [4.69, 9.17) is 5.11 Å². The van der Waals surface area contributed by atoms with Gasteiger partial charge in [0.25, 0.3) is 0 Å². The summed E-state index contributed by atoms with van der Waals surface area (Å²) in [6.45, 7) is 2.29. The molecule has 0 fully saturated rings. The average molecular weight is 589 g/mol. The average Bonchev–Trinajstić information content (AvgIpc) is 2.98. The van der Waals surface area contributed by atoms with Crippen LogP contribution in [0.2, 0.25) is 0 Å². The fourth-order valence-electron chi connectivity index (χ4n) is 5.94. The number of hydrogen-bond acceptors (Lipinski definition) is 1. The van der Waals surface area contributed by atoms with Gasteiger partial charge in [0.2, 0.25) is 0 Å². The van der Waals surface area contributed by atoms with Gasteiger partial charge in [-0.05, 0) is 57.8 Å². The molecule has 0 aromatic carbocycles. The van der Waals surface area contributed by atoms with Gasteiger partial charge in [-0.3, -0.25) is 4.79 Å². The molecule has 2 nitrogen and oxygen atoms in total. The molecule has 0 rings (SSSR count). The Morgan fingerprint density at radius 3 is 0.810 bits per heavy atom. The van der Waals surface area contributed by atoms with E-state index < -0.39 is 5.97 Å². The fraction of sp³-hybridized carbons (Fsp3) is 0.875. The van der Waals surface area contributed by atoms with Crippen LogP contribution in [-0.2, 0) is 4.79 Å². The molecule has 0 atom stereocenters. The van der Waals surface area contributed by atoms with Gasteiger partial charge in [0, 0.05) is 6.42 Å². The third-order valence-corrected chi connectivity index (χ3v) is 8.81. The highest BCUT2D eigenvalue weighted by Crippen LogP contribution is 2.15. The molecule has 0 aromatic rings. The van der Waals surface area contributed by atoms with Crippen LogP contribution in [0.5, 0.6) is 0 Å². The highest BCUT2D eigenvalue weighted by Gasteiger charge is 1.97. The minimum atomic E-state index is -0.656. The van der Waals surface area contributed by atoms with E-state index in [-0.39, 0.29) is 0 Å². The first-order valence-corrected chi connectivity index (χ1v) is 19.3. The van der Waals surface area contributed by atoms with Crippen molar-refractivity contribution < 1.29 is 9.90 Å². The van der Waals surface area contributed by atoms with Crippen LogP contribution >= 0.6 is 0 Å². The van der Waals surface area contributed by atoms with E-state index in [0.717, 1.165) is 12.8 Å². The molecule has 0 amide bonds. The number of hydrogen-bond donors (Lipinski definition) is 1. The molecular formula is C40H76O2. The monoisotopic (exact) mass is 589 g/mol. The third kappa shape index (κ3) is 39.0. The lowest BCUT2D eigenvalue weighted by Gasteiger charge is -2.03. The van der Waals surface area contributed by atoms with Crippen LogP contribution in [0.3, 0.4) is 0 Å². The van der Waals surface area contributed by atoms with Gasteiger partial charge in [-0.25, -0.2) is 0 Å². The van der Waals surface area contributed by atoms with E-state index in [2.05, 4.69) is 31.2 Å². The maximum absolute atomic E-state index is 10.5. The first kappa shape index (κ1) is 41.0. The maximum atomic E-state index is 10.5. The molecule has 0 aliphatic carbocycles. The van der Waals surface area contributed by atoms with Gasteiger partial charge in [-0.2, -0.15) is 0 Å². The second-order valence-electron chi connectivity index (χ2n) is 13.1. The number of carboxylic acids is 1. The second-order valence-corrected chi connectivity index (χ2v) is 13.1. The molecule has 42 heavy (non-hydrogen) atoms. The first-order chi connectivity index (χ1) is 20.8. The van der Waals surface area contributed by atoms with Crippen molar-refractivity contribution >= 4 is 5.97 Å². The molecule has 248 valence electrons. The normalized spacial score (nSPS) is 11.8. The number of aliphatic carboxylic acids is 1. The zero-order chi connectivity index (χ0) is 30.4. The number of carboxylic acid groups (broad SMARTS) is 1. The van der Waals surface area contributed by atoms with Crippen molar-refractivity contribution in [3.63, 3.8) is 0 Å². The van der Waals surface area contributed by atoms with Gasteiger partial charge < -0.3 is 5.11 Å². The largest absolute Gasteiger partial charge is 0.481 e. The Kier molecular flexibility index (Phi) is 37.0. The molecule has 2 heteroatoms. The van der Waals surface area contributed by atoms with Gasteiger partial charge in [-0.1, -0.05) is 185 Å². The Morgan fingerprint density at radius 1 is 0.357 bits per heavy atom. The summed E-state index contributed by atoms with van der Waals surface area (Å²) in [7, 11) is 0. The Morgan fingerprint density at radius 2 is 0.571 bits per heavy atom. The van der Waals surface area contributed by atoms with Gasteiger partial charge in [0.05, 0.1) is 0 Å². The van der Waals surface area contributed by atoms with Crippen LogP contribution in [0.4, 0.5) is 0 Å². The van der Waals surface area contributed by atoms with Crippen LogP contribution < -0.4 is 0 Å². The topological polar surface area (TPSA) is 37.3 Å². The molecule has 0 saturated carbocycles. The quantitative estimate of drug-likeness (QED) is 0.0584. The maximum Gasteiger partial charge on any atom is 0.303 e. The third-order valence-electron chi connectivity index (χ3n) is 8.81. The Bertz CT molecular complexity index is 564. The van der Waals surface area contributed by atoms with Gasteiger partial charge in [0.1, 0.15) is 0 Å². The number of unbranched alkanes of at least 4 members (excludes halogenated alkanes) is 30. The molecule has 0 unspecified atom stereocenters. The highest BCUT2D eigenvalue weighted by molar-refractivity contribution is 5.66. The molecular weight excluding hydrogens is 512 g/mol. The molecule has 0 aliphatic rings. The fourth-order valence-corrected chi connectivity index (χ4v) is 5.94. The Hall–Kier alpha value is -1.05. The van der Waals surface area contributed by atoms with E-state index in [1.165, 1.54) is 199 Å². The second kappa shape index (κ2) is 38.0. The lowest BCUT2D eigenvalue weighted by Crippen LogP contribution is -1.93. The minimum absolute atomic E-state index is 0.337. The van der Waals surface area contributed by atoms with Crippen molar-refractivity contribution in [2.75, 3.05) is 0 Å². The van der Waals surface area contributed by atoms with E-state index in [1.54, 1.807) is 0 Å². The lowest BCUT2D eigenvalue weighted by molar-refractivity contribution is -0.137. The molecule has 0 aliphatic heterocycles. The SMILES string of the molecule is CCCCCCCC/C=C\CCCCCCCCCCCCCCCCCCC=CCCCCCCCCCC(=O)O. The molecule has 0 bridgehead atoms. The summed E-state index contributed by atoms with van der Waals surface area (Å²) in [6, 6.07) is 0. The van der Waals surface area contributed by atoms with Gasteiger partial charge in [-0.15, -0.1) is 0 Å². The van der Waals surface area contributed by atoms with Gasteiger partial charge in [0.15, 0.2) is 0 Å². The predicted octanol–water partition coefficient (Wildman–Crippen LogP) is 14.5. The van der Waals surface area contributed by atoms with E-state index >= 15 is 0 Å². The van der Waals surface area contributed by atoms with Crippen LogP contribution in [0, 0.1) is 0 Å². The van der Waals surface area contributed by atoms with Crippen molar-refractivity contribution in [1.82, 2.24) is 0 Å². The highest BCUT2D eigenvalue weighted by atomic mass is 16.4. The zero-order valence-corrected chi connectivity index (χ0v) is 28.7. The van der Waals surface area contributed by atoms with Crippen molar-refractivity contribution in [3.8, 4) is 0 Å². The van der Waals surface area contributed by atoms with Crippen LogP contribution in [0.15, 0.2) is 24.3 Å². The molecule has 0 heterocycles. The molecule has 1 N–H and O–H groups in total. The summed E-state index contributed by atoms with van der Waals surface area (Å²) in [5, 5.41) is 8.63. The number of carbonyl (C=O) groups is 1. The van der Waals surface area contributed by atoms with Gasteiger partial charge >= 0.3 is 5.97 Å². The summed E-state index contributed by atoms with van der Waals surface area (Å²) < 4.78 is 0.